The van der Waals surface area contributed by atoms with Crippen LogP contribution in [-0.4, -0.2) is 41.7 Å². The van der Waals surface area contributed by atoms with Gasteiger partial charge in [0.15, 0.2) is 17.5 Å². The molecule has 1 aliphatic heterocycles. The number of benzene rings is 2. The summed E-state index contributed by atoms with van der Waals surface area (Å²) in [5, 5.41) is 13.0. The molecule has 138 valence electrons. The minimum absolute atomic E-state index is 0.193. The average molecular weight is 357 g/mol. The number of hydrogen-bond acceptors (Lipinski definition) is 3. The van der Waals surface area contributed by atoms with Gasteiger partial charge in [-0.15, -0.1) is 0 Å². The van der Waals surface area contributed by atoms with E-state index in [1.807, 2.05) is 31.2 Å². The molecule has 0 spiro atoms. The normalized spacial score (nSPS) is 17.4. The van der Waals surface area contributed by atoms with E-state index in [2.05, 4.69) is 15.2 Å². The van der Waals surface area contributed by atoms with Crippen LogP contribution in [0.2, 0.25) is 0 Å². The maximum atomic E-state index is 13.9. The fourth-order valence-electron chi connectivity index (χ4n) is 2.90. The van der Waals surface area contributed by atoms with Crippen LogP contribution in [0.15, 0.2) is 53.5 Å². The number of guanidine groups is 1. The first-order valence-corrected chi connectivity index (χ1v) is 8.89. The van der Waals surface area contributed by atoms with Gasteiger partial charge in [-0.2, -0.15) is 0 Å². The number of halogens is 1. The average Bonchev–Trinajstić information content (AvgIpc) is 3.08. The van der Waals surface area contributed by atoms with Crippen molar-refractivity contribution in [1.29, 1.82) is 0 Å². The molecule has 5 nitrogen and oxygen atoms in total. The SMILES string of the molecule is CCNC(=NCc1ccccc1Oc1ccccc1F)N1CC[C@@H](O)C1. The molecule has 1 aliphatic rings. The molecule has 0 radical (unpaired) electrons. The predicted octanol–water partition coefficient (Wildman–Crippen LogP) is 3.15. The van der Waals surface area contributed by atoms with E-state index < -0.39 is 5.82 Å². The minimum atomic E-state index is -0.398. The third-order valence-electron chi connectivity index (χ3n) is 4.23. The molecule has 1 saturated heterocycles. The molecule has 0 saturated carbocycles. The van der Waals surface area contributed by atoms with Crippen LogP contribution in [0.3, 0.4) is 0 Å². The lowest BCUT2D eigenvalue weighted by molar-refractivity contribution is 0.188. The van der Waals surface area contributed by atoms with Crippen molar-refractivity contribution < 1.29 is 14.2 Å². The van der Waals surface area contributed by atoms with E-state index in [1.165, 1.54) is 6.07 Å². The molecule has 2 aromatic rings. The number of aliphatic hydroxyl groups is 1. The van der Waals surface area contributed by atoms with Crippen LogP contribution in [0, 0.1) is 5.82 Å². The first kappa shape index (κ1) is 18.2. The monoisotopic (exact) mass is 357 g/mol. The smallest absolute Gasteiger partial charge is 0.194 e. The van der Waals surface area contributed by atoms with Gasteiger partial charge < -0.3 is 20.1 Å². The lowest BCUT2D eigenvalue weighted by atomic mass is 10.2. The highest BCUT2D eigenvalue weighted by Crippen LogP contribution is 2.27. The van der Waals surface area contributed by atoms with Crippen LogP contribution in [0.25, 0.3) is 0 Å². The van der Waals surface area contributed by atoms with Crippen LogP contribution >= 0.6 is 0 Å². The zero-order chi connectivity index (χ0) is 18.4. The van der Waals surface area contributed by atoms with Gasteiger partial charge in [-0.05, 0) is 31.5 Å². The van der Waals surface area contributed by atoms with Gasteiger partial charge in [0, 0.05) is 25.2 Å². The molecule has 0 unspecified atom stereocenters. The second-order valence-electron chi connectivity index (χ2n) is 6.20. The van der Waals surface area contributed by atoms with Crippen LogP contribution < -0.4 is 10.1 Å². The Morgan fingerprint density at radius 1 is 1.23 bits per heavy atom. The van der Waals surface area contributed by atoms with Crippen LogP contribution in [0.1, 0.15) is 18.9 Å². The summed E-state index contributed by atoms with van der Waals surface area (Å²) < 4.78 is 19.6. The summed E-state index contributed by atoms with van der Waals surface area (Å²) in [4.78, 5) is 6.72. The fourth-order valence-corrected chi connectivity index (χ4v) is 2.90. The van der Waals surface area contributed by atoms with E-state index in [0.717, 1.165) is 31.0 Å². The lowest BCUT2D eigenvalue weighted by Crippen LogP contribution is -2.40. The Balaban J connectivity index is 1.77. The van der Waals surface area contributed by atoms with Crippen LogP contribution in [0.5, 0.6) is 11.5 Å². The molecule has 6 heteroatoms. The number of aliphatic hydroxyl groups excluding tert-OH is 1. The summed E-state index contributed by atoms with van der Waals surface area (Å²) in [5.41, 5.74) is 0.867. The number of nitrogens with zero attached hydrogens (tertiary/aromatic N) is 2. The van der Waals surface area contributed by atoms with E-state index in [1.54, 1.807) is 18.2 Å². The summed E-state index contributed by atoms with van der Waals surface area (Å²) in [6.45, 7) is 4.52. The maximum Gasteiger partial charge on any atom is 0.194 e. The van der Waals surface area contributed by atoms with Crippen molar-refractivity contribution in [2.45, 2.75) is 26.0 Å². The Labute approximate surface area is 153 Å². The van der Waals surface area contributed by atoms with Crippen molar-refractivity contribution in [3.63, 3.8) is 0 Å². The molecule has 0 aromatic heterocycles. The minimum Gasteiger partial charge on any atom is -0.454 e. The molecule has 1 heterocycles. The Bertz CT molecular complexity index is 766. The van der Waals surface area contributed by atoms with Crippen molar-refractivity contribution >= 4 is 5.96 Å². The first-order chi connectivity index (χ1) is 12.7. The van der Waals surface area contributed by atoms with Crippen molar-refractivity contribution in [1.82, 2.24) is 10.2 Å². The molecular weight excluding hydrogens is 333 g/mol. The molecular formula is C20H24FN3O2. The maximum absolute atomic E-state index is 13.9. The molecule has 1 fully saturated rings. The molecule has 2 aromatic carbocycles. The number of para-hydroxylation sites is 2. The molecule has 2 N–H and O–H groups in total. The highest BCUT2D eigenvalue weighted by molar-refractivity contribution is 5.80. The fraction of sp³-hybridized carbons (Fsp3) is 0.350. The number of ether oxygens (including phenoxy) is 1. The highest BCUT2D eigenvalue weighted by atomic mass is 19.1. The third-order valence-corrected chi connectivity index (χ3v) is 4.23. The summed E-state index contributed by atoms with van der Waals surface area (Å²) in [7, 11) is 0. The molecule has 0 amide bonds. The summed E-state index contributed by atoms with van der Waals surface area (Å²) >= 11 is 0. The van der Waals surface area contributed by atoms with Crippen molar-refractivity contribution in [2.24, 2.45) is 4.99 Å². The second-order valence-corrected chi connectivity index (χ2v) is 6.20. The van der Waals surface area contributed by atoms with E-state index in [0.29, 0.717) is 18.8 Å². The number of likely N-dealkylation sites (tertiary alicyclic amines) is 1. The van der Waals surface area contributed by atoms with Crippen molar-refractivity contribution in [3.8, 4) is 11.5 Å². The van der Waals surface area contributed by atoms with E-state index in [4.69, 9.17) is 4.74 Å². The highest BCUT2D eigenvalue weighted by Gasteiger charge is 2.22. The van der Waals surface area contributed by atoms with Gasteiger partial charge in [-0.25, -0.2) is 9.38 Å². The van der Waals surface area contributed by atoms with E-state index >= 15 is 0 Å². The number of rotatable bonds is 5. The summed E-state index contributed by atoms with van der Waals surface area (Å²) in [6, 6.07) is 13.8. The Kier molecular flexibility index (Phi) is 6.07. The molecule has 26 heavy (non-hydrogen) atoms. The topological polar surface area (TPSA) is 57.1 Å². The predicted molar refractivity (Wildman–Crippen MR) is 99.9 cm³/mol. The summed E-state index contributed by atoms with van der Waals surface area (Å²) in [5.74, 6) is 1.15. The second kappa shape index (κ2) is 8.67. The van der Waals surface area contributed by atoms with Crippen LogP contribution in [0.4, 0.5) is 4.39 Å². The zero-order valence-electron chi connectivity index (χ0n) is 14.9. The van der Waals surface area contributed by atoms with Gasteiger partial charge >= 0.3 is 0 Å². The van der Waals surface area contributed by atoms with Crippen molar-refractivity contribution in [2.75, 3.05) is 19.6 Å². The van der Waals surface area contributed by atoms with Crippen molar-refractivity contribution in [3.05, 3.63) is 59.9 Å². The Morgan fingerprint density at radius 2 is 1.96 bits per heavy atom. The molecule has 3 rings (SSSR count). The van der Waals surface area contributed by atoms with Gasteiger partial charge in [-0.3, -0.25) is 0 Å². The van der Waals surface area contributed by atoms with Crippen LogP contribution in [-0.2, 0) is 6.54 Å². The standard InChI is InChI=1S/C20H24FN3O2/c1-2-22-20(24-12-11-16(25)14-24)23-13-15-7-3-5-9-18(15)26-19-10-6-4-8-17(19)21/h3-10,16,25H,2,11-14H2,1H3,(H,22,23)/t16-/m1/s1. The number of aliphatic imine (C=N–C) groups is 1. The Hall–Kier alpha value is -2.60. The Morgan fingerprint density at radius 3 is 2.65 bits per heavy atom. The molecule has 0 aliphatic carbocycles. The number of nitrogens with one attached hydrogen (secondary N) is 1. The number of β-amino-alcohol motifs (C(OH)–C–C–N with tert-alkyl or cyclic N) is 1. The quantitative estimate of drug-likeness (QED) is 0.638. The van der Waals surface area contributed by atoms with Gasteiger partial charge in [0.05, 0.1) is 12.6 Å². The first-order valence-electron chi connectivity index (χ1n) is 8.89. The van der Waals surface area contributed by atoms with Gasteiger partial charge in [0.25, 0.3) is 0 Å². The van der Waals surface area contributed by atoms with Gasteiger partial charge in [-0.1, -0.05) is 30.3 Å². The molecule has 1 atom stereocenters. The largest absolute Gasteiger partial charge is 0.454 e. The summed E-state index contributed by atoms with van der Waals surface area (Å²) in [6.07, 6.45) is 0.438. The lowest BCUT2D eigenvalue weighted by Gasteiger charge is -2.21. The third kappa shape index (κ3) is 4.52. The molecule has 0 bridgehead atoms. The van der Waals surface area contributed by atoms with E-state index in [9.17, 15) is 9.50 Å². The van der Waals surface area contributed by atoms with Gasteiger partial charge in [0.1, 0.15) is 5.75 Å². The van der Waals surface area contributed by atoms with E-state index in [-0.39, 0.29) is 11.9 Å². The zero-order valence-corrected chi connectivity index (χ0v) is 14.9. The number of hydrogen-bond donors (Lipinski definition) is 2. The van der Waals surface area contributed by atoms with Gasteiger partial charge in [0.2, 0.25) is 0 Å².